The molecule has 0 radical (unpaired) electrons. The van der Waals surface area contributed by atoms with Crippen molar-refractivity contribution < 1.29 is 0 Å². The van der Waals surface area contributed by atoms with Crippen molar-refractivity contribution in [1.29, 1.82) is 0 Å². The van der Waals surface area contributed by atoms with Crippen LogP contribution in [0.3, 0.4) is 0 Å². The summed E-state index contributed by atoms with van der Waals surface area (Å²) < 4.78 is 0. The highest BCUT2D eigenvalue weighted by atomic mass is 32.2. The van der Waals surface area contributed by atoms with E-state index in [2.05, 4.69) is 54.4 Å². The average molecular weight is 278 g/mol. The van der Waals surface area contributed by atoms with Gasteiger partial charge in [0.05, 0.1) is 0 Å². The van der Waals surface area contributed by atoms with Gasteiger partial charge in [-0.3, -0.25) is 4.90 Å². The molecule has 1 aromatic rings. The molecule has 1 aliphatic heterocycles. The molecule has 1 fully saturated rings. The summed E-state index contributed by atoms with van der Waals surface area (Å²) in [4.78, 5) is 4.01. The van der Waals surface area contributed by atoms with Crippen molar-refractivity contribution >= 4 is 11.8 Å². The summed E-state index contributed by atoms with van der Waals surface area (Å²) >= 11 is 1.97. The van der Waals surface area contributed by atoms with Gasteiger partial charge >= 0.3 is 0 Å². The number of nitrogens with zero attached hydrogens (tertiary/aromatic N) is 1. The molecule has 3 heteroatoms. The maximum Gasteiger partial charge on any atom is 0.0304 e. The molecule has 1 aliphatic rings. The fraction of sp³-hybridized carbons (Fsp3) is 0.625. The highest BCUT2D eigenvalue weighted by molar-refractivity contribution is 7.99. The lowest BCUT2D eigenvalue weighted by atomic mass is 9.90. The van der Waals surface area contributed by atoms with E-state index >= 15 is 0 Å². The summed E-state index contributed by atoms with van der Waals surface area (Å²) in [6, 6.07) is 10.7. The molecule has 0 saturated carbocycles. The first-order valence-electron chi connectivity index (χ1n) is 7.43. The van der Waals surface area contributed by atoms with E-state index < -0.39 is 0 Å². The number of thioether (sulfide) groups is 1. The lowest BCUT2D eigenvalue weighted by Crippen LogP contribution is -2.60. The first-order chi connectivity index (χ1) is 9.28. The van der Waals surface area contributed by atoms with E-state index in [9.17, 15) is 0 Å². The predicted molar refractivity (Wildman–Crippen MR) is 84.9 cm³/mol. The molecule has 0 bridgehead atoms. The first-order valence-corrected chi connectivity index (χ1v) is 8.42. The van der Waals surface area contributed by atoms with Crippen molar-refractivity contribution in [2.45, 2.75) is 37.1 Å². The largest absolute Gasteiger partial charge is 0.309 e. The van der Waals surface area contributed by atoms with Crippen molar-refractivity contribution in [3.05, 3.63) is 30.3 Å². The zero-order valence-electron chi connectivity index (χ0n) is 12.2. The molecule has 19 heavy (non-hydrogen) atoms. The summed E-state index contributed by atoms with van der Waals surface area (Å²) in [5.41, 5.74) is 0.357. The van der Waals surface area contributed by atoms with Gasteiger partial charge in [-0.2, -0.15) is 0 Å². The normalized spacial score (nSPS) is 19.5. The molecule has 1 saturated heterocycles. The number of hydrogen-bond donors (Lipinski definition) is 1. The zero-order chi connectivity index (χ0) is 13.6. The monoisotopic (exact) mass is 278 g/mol. The quantitative estimate of drug-likeness (QED) is 0.804. The van der Waals surface area contributed by atoms with Crippen LogP contribution in [0.25, 0.3) is 0 Å². The van der Waals surface area contributed by atoms with Crippen molar-refractivity contribution in [1.82, 2.24) is 10.2 Å². The summed E-state index contributed by atoms with van der Waals surface area (Å²) in [5, 5.41) is 3.72. The van der Waals surface area contributed by atoms with Crippen LogP contribution in [0.4, 0.5) is 0 Å². The Labute approximate surface area is 122 Å². The van der Waals surface area contributed by atoms with Gasteiger partial charge in [0.2, 0.25) is 0 Å². The van der Waals surface area contributed by atoms with Crippen LogP contribution >= 0.6 is 11.8 Å². The summed E-state index contributed by atoms with van der Waals surface area (Å²) in [6.45, 7) is 9.34. The minimum atomic E-state index is 0.357. The van der Waals surface area contributed by atoms with E-state index in [-0.39, 0.29) is 0 Å². The van der Waals surface area contributed by atoms with Crippen molar-refractivity contribution in [2.24, 2.45) is 0 Å². The van der Waals surface area contributed by atoms with Crippen molar-refractivity contribution in [3.63, 3.8) is 0 Å². The fourth-order valence-electron chi connectivity index (χ4n) is 2.77. The average Bonchev–Trinajstić information content (AvgIpc) is 2.48. The lowest BCUT2D eigenvalue weighted by Gasteiger charge is -2.43. The van der Waals surface area contributed by atoms with Crippen LogP contribution in [-0.4, -0.2) is 42.4 Å². The molecule has 1 N–H and O–H groups in total. The zero-order valence-corrected chi connectivity index (χ0v) is 13.0. The Morgan fingerprint density at radius 2 is 1.95 bits per heavy atom. The van der Waals surface area contributed by atoms with E-state index in [0.717, 1.165) is 6.54 Å². The van der Waals surface area contributed by atoms with Crippen molar-refractivity contribution in [3.8, 4) is 0 Å². The Balaban J connectivity index is 1.77. The maximum absolute atomic E-state index is 3.72. The lowest BCUT2D eigenvalue weighted by molar-refractivity contribution is 0.130. The highest BCUT2D eigenvalue weighted by Crippen LogP contribution is 2.21. The number of benzene rings is 1. The van der Waals surface area contributed by atoms with Crippen LogP contribution in [-0.2, 0) is 0 Å². The standard InChI is InChI=1S/C16H26N2S/c1-3-16(4-2)14-18(11-10-17-16)12-13-19-15-8-6-5-7-9-15/h5-9,17H,3-4,10-14H2,1-2H3. The summed E-state index contributed by atoms with van der Waals surface area (Å²) in [7, 11) is 0. The second-order valence-electron chi connectivity index (χ2n) is 5.35. The van der Waals surface area contributed by atoms with E-state index in [1.807, 2.05) is 11.8 Å². The van der Waals surface area contributed by atoms with Gasteiger partial charge in [0.15, 0.2) is 0 Å². The van der Waals surface area contributed by atoms with Crippen LogP contribution in [0.2, 0.25) is 0 Å². The molecule has 0 aliphatic carbocycles. The molecule has 0 aromatic heterocycles. The third kappa shape index (κ3) is 4.23. The second kappa shape index (κ2) is 7.32. The second-order valence-corrected chi connectivity index (χ2v) is 6.52. The van der Waals surface area contributed by atoms with Gasteiger partial charge < -0.3 is 5.32 Å². The Morgan fingerprint density at radius 3 is 2.63 bits per heavy atom. The van der Waals surface area contributed by atoms with Crippen LogP contribution in [0.15, 0.2) is 35.2 Å². The minimum absolute atomic E-state index is 0.357. The third-order valence-electron chi connectivity index (χ3n) is 4.23. The van der Waals surface area contributed by atoms with Gasteiger partial charge in [0.1, 0.15) is 0 Å². The van der Waals surface area contributed by atoms with E-state index in [1.165, 1.54) is 43.1 Å². The Bertz CT molecular complexity index is 362. The molecule has 2 nitrogen and oxygen atoms in total. The van der Waals surface area contributed by atoms with E-state index in [0.29, 0.717) is 5.54 Å². The number of hydrogen-bond acceptors (Lipinski definition) is 3. The van der Waals surface area contributed by atoms with Crippen LogP contribution < -0.4 is 5.32 Å². The van der Waals surface area contributed by atoms with Gasteiger partial charge in [-0.1, -0.05) is 32.0 Å². The number of piperazine rings is 1. The molecule has 0 atom stereocenters. The Hall–Kier alpha value is -0.510. The highest BCUT2D eigenvalue weighted by Gasteiger charge is 2.31. The molecular formula is C16H26N2S. The predicted octanol–water partition coefficient (Wildman–Crippen LogP) is 3.24. The van der Waals surface area contributed by atoms with Crippen LogP contribution in [0.1, 0.15) is 26.7 Å². The van der Waals surface area contributed by atoms with E-state index in [4.69, 9.17) is 0 Å². The molecule has 1 heterocycles. The molecule has 2 rings (SSSR count). The summed E-state index contributed by atoms with van der Waals surface area (Å²) in [6.07, 6.45) is 2.46. The van der Waals surface area contributed by atoms with Gasteiger partial charge in [-0.05, 0) is 25.0 Å². The van der Waals surface area contributed by atoms with Crippen LogP contribution in [0.5, 0.6) is 0 Å². The molecule has 0 spiro atoms. The molecule has 106 valence electrons. The molecule has 0 amide bonds. The summed E-state index contributed by atoms with van der Waals surface area (Å²) in [5.74, 6) is 1.19. The molecule has 0 unspecified atom stereocenters. The molecular weight excluding hydrogens is 252 g/mol. The topological polar surface area (TPSA) is 15.3 Å². The first kappa shape index (κ1) is 14.9. The van der Waals surface area contributed by atoms with Crippen molar-refractivity contribution in [2.75, 3.05) is 31.9 Å². The van der Waals surface area contributed by atoms with Gasteiger partial charge in [-0.25, -0.2) is 0 Å². The Morgan fingerprint density at radius 1 is 1.21 bits per heavy atom. The SMILES string of the molecule is CCC1(CC)CN(CCSc2ccccc2)CCN1. The Kier molecular flexibility index (Phi) is 5.74. The number of rotatable bonds is 6. The van der Waals surface area contributed by atoms with Gasteiger partial charge in [-0.15, -0.1) is 11.8 Å². The minimum Gasteiger partial charge on any atom is -0.309 e. The van der Waals surface area contributed by atoms with Gasteiger partial charge in [0, 0.05) is 42.4 Å². The fourth-order valence-corrected chi connectivity index (χ4v) is 3.70. The third-order valence-corrected chi connectivity index (χ3v) is 5.22. The number of nitrogens with one attached hydrogen (secondary N) is 1. The van der Waals surface area contributed by atoms with Crippen LogP contribution in [0, 0.1) is 0 Å². The maximum atomic E-state index is 3.72. The molecule has 1 aromatic carbocycles. The smallest absolute Gasteiger partial charge is 0.0304 e. The van der Waals surface area contributed by atoms with Gasteiger partial charge in [0.25, 0.3) is 0 Å². The van der Waals surface area contributed by atoms with E-state index in [1.54, 1.807) is 0 Å².